The van der Waals surface area contributed by atoms with E-state index in [2.05, 4.69) is 5.32 Å². The van der Waals surface area contributed by atoms with Gasteiger partial charge in [0.2, 0.25) is 0 Å². The fourth-order valence-electron chi connectivity index (χ4n) is 2.51. The Bertz CT molecular complexity index is 369. The molecule has 1 saturated heterocycles. The molecular formula is C14H20FNO. The lowest BCUT2D eigenvalue weighted by Crippen LogP contribution is -2.41. The third kappa shape index (κ3) is 3.05. The second-order valence-electron chi connectivity index (χ2n) is 5.43. The summed E-state index contributed by atoms with van der Waals surface area (Å²) in [7, 11) is 0. The average molecular weight is 237 g/mol. The predicted octanol–water partition coefficient (Wildman–Crippen LogP) is 2.64. The number of rotatable bonds is 2. The van der Waals surface area contributed by atoms with E-state index >= 15 is 0 Å². The van der Waals surface area contributed by atoms with Crippen LogP contribution in [-0.2, 0) is 0 Å². The number of halogens is 1. The molecule has 1 fully saturated rings. The molecule has 1 aliphatic rings. The van der Waals surface area contributed by atoms with Crippen LogP contribution in [0.4, 0.5) is 4.39 Å². The fraction of sp³-hybridized carbons (Fsp3) is 0.571. The van der Waals surface area contributed by atoms with E-state index in [-0.39, 0.29) is 11.9 Å². The largest absolute Gasteiger partial charge is 0.390 e. The van der Waals surface area contributed by atoms with Crippen molar-refractivity contribution < 1.29 is 9.50 Å². The molecule has 1 aromatic carbocycles. The van der Waals surface area contributed by atoms with E-state index in [1.807, 2.05) is 26.0 Å². The molecule has 94 valence electrons. The second-order valence-corrected chi connectivity index (χ2v) is 5.43. The highest BCUT2D eigenvalue weighted by atomic mass is 19.1. The smallest absolute Gasteiger partial charge is 0.123 e. The predicted molar refractivity (Wildman–Crippen MR) is 66.2 cm³/mol. The zero-order valence-corrected chi connectivity index (χ0v) is 10.4. The van der Waals surface area contributed by atoms with Gasteiger partial charge in [-0.3, -0.25) is 0 Å². The minimum absolute atomic E-state index is 0.205. The van der Waals surface area contributed by atoms with Crippen molar-refractivity contribution in [3.8, 4) is 0 Å². The number of aliphatic hydroxyl groups is 1. The summed E-state index contributed by atoms with van der Waals surface area (Å²) in [5, 5.41) is 13.5. The molecular weight excluding hydrogens is 217 g/mol. The Balaban J connectivity index is 2.09. The highest BCUT2D eigenvalue weighted by Crippen LogP contribution is 2.33. The van der Waals surface area contributed by atoms with Crippen molar-refractivity contribution in [3.05, 3.63) is 35.6 Å². The van der Waals surface area contributed by atoms with Gasteiger partial charge in [-0.05, 0) is 56.8 Å². The molecule has 1 heterocycles. The molecule has 0 bridgehead atoms. The maximum absolute atomic E-state index is 12.9. The van der Waals surface area contributed by atoms with Gasteiger partial charge in [-0.2, -0.15) is 0 Å². The lowest BCUT2D eigenvalue weighted by atomic mass is 9.79. The maximum Gasteiger partial charge on any atom is 0.123 e. The van der Waals surface area contributed by atoms with Crippen LogP contribution in [0.3, 0.4) is 0 Å². The van der Waals surface area contributed by atoms with Crippen molar-refractivity contribution >= 4 is 0 Å². The van der Waals surface area contributed by atoms with Crippen molar-refractivity contribution in [1.29, 1.82) is 0 Å². The molecule has 2 atom stereocenters. The second kappa shape index (κ2) is 4.75. The molecule has 3 heteroatoms. The minimum atomic E-state index is -0.639. The number of hydrogen-bond donors (Lipinski definition) is 2. The molecule has 0 saturated carbocycles. The van der Waals surface area contributed by atoms with Gasteiger partial charge in [0.05, 0.1) is 5.60 Å². The van der Waals surface area contributed by atoms with Crippen LogP contribution in [0.2, 0.25) is 0 Å². The van der Waals surface area contributed by atoms with Crippen LogP contribution < -0.4 is 5.32 Å². The zero-order valence-electron chi connectivity index (χ0n) is 10.4. The van der Waals surface area contributed by atoms with Crippen molar-refractivity contribution in [2.24, 2.45) is 5.92 Å². The van der Waals surface area contributed by atoms with Gasteiger partial charge in [0.25, 0.3) is 0 Å². The molecule has 1 aromatic rings. The average Bonchev–Trinajstić information content (AvgIpc) is 2.29. The molecule has 0 radical (unpaired) electrons. The Kier molecular flexibility index (Phi) is 3.50. The maximum atomic E-state index is 12.9. The number of hydrogen-bond acceptors (Lipinski definition) is 2. The first kappa shape index (κ1) is 12.5. The summed E-state index contributed by atoms with van der Waals surface area (Å²) in [6.07, 6.45) is 1.89. The normalized spacial score (nSPS) is 25.9. The molecule has 2 nitrogen and oxygen atoms in total. The summed E-state index contributed by atoms with van der Waals surface area (Å²) in [5.41, 5.74) is 0.459. The van der Waals surface area contributed by atoms with Gasteiger partial charge >= 0.3 is 0 Å². The van der Waals surface area contributed by atoms with Crippen LogP contribution in [0.5, 0.6) is 0 Å². The van der Waals surface area contributed by atoms with Crippen molar-refractivity contribution in [2.75, 3.05) is 6.54 Å². The van der Waals surface area contributed by atoms with Crippen LogP contribution in [0.1, 0.15) is 38.3 Å². The third-order valence-corrected chi connectivity index (χ3v) is 3.68. The van der Waals surface area contributed by atoms with Crippen molar-refractivity contribution in [2.45, 2.75) is 38.3 Å². The molecule has 0 aliphatic carbocycles. The third-order valence-electron chi connectivity index (χ3n) is 3.68. The fourth-order valence-corrected chi connectivity index (χ4v) is 2.51. The molecule has 0 aromatic heterocycles. The van der Waals surface area contributed by atoms with E-state index in [4.69, 9.17) is 0 Å². The van der Waals surface area contributed by atoms with Crippen molar-refractivity contribution in [1.82, 2.24) is 5.32 Å². The van der Waals surface area contributed by atoms with E-state index < -0.39 is 5.60 Å². The van der Waals surface area contributed by atoms with E-state index in [9.17, 15) is 9.50 Å². The van der Waals surface area contributed by atoms with Crippen LogP contribution >= 0.6 is 0 Å². The van der Waals surface area contributed by atoms with Gasteiger partial charge in [0, 0.05) is 6.04 Å². The minimum Gasteiger partial charge on any atom is -0.390 e. The van der Waals surface area contributed by atoms with Gasteiger partial charge in [-0.25, -0.2) is 4.39 Å². The standard InChI is InChI=1S/C14H20FNO/c1-14(2,17)11-7-8-16-13(9-11)10-3-5-12(15)6-4-10/h3-6,11,13,16-17H,7-9H2,1-2H3/t11-,13+/m0/s1. The Hall–Kier alpha value is -0.930. The molecule has 17 heavy (non-hydrogen) atoms. The van der Waals surface area contributed by atoms with Crippen LogP contribution in [-0.4, -0.2) is 17.3 Å². The quantitative estimate of drug-likeness (QED) is 0.828. The summed E-state index contributed by atoms with van der Waals surface area (Å²) < 4.78 is 12.9. The summed E-state index contributed by atoms with van der Waals surface area (Å²) in [4.78, 5) is 0. The molecule has 0 unspecified atom stereocenters. The number of benzene rings is 1. The number of piperidine rings is 1. The Labute approximate surface area is 102 Å². The van der Waals surface area contributed by atoms with E-state index in [0.29, 0.717) is 5.92 Å². The highest BCUT2D eigenvalue weighted by Gasteiger charge is 2.32. The van der Waals surface area contributed by atoms with Crippen LogP contribution in [0.25, 0.3) is 0 Å². The first-order valence-electron chi connectivity index (χ1n) is 6.18. The van der Waals surface area contributed by atoms with E-state index in [0.717, 1.165) is 24.9 Å². The summed E-state index contributed by atoms with van der Waals surface area (Å²) in [5.74, 6) is 0.0856. The lowest BCUT2D eigenvalue weighted by molar-refractivity contribution is -0.00353. The summed E-state index contributed by atoms with van der Waals surface area (Å²) >= 11 is 0. The molecule has 0 spiro atoms. The Morgan fingerprint density at radius 3 is 2.53 bits per heavy atom. The molecule has 1 aliphatic heterocycles. The molecule has 2 N–H and O–H groups in total. The molecule has 2 rings (SSSR count). The van der Waals surface area contributed by atoms with Crippen LogP contribution in [0.15, 0.2) is 24.3 Å². The zero-order chi connectivity index (χ0) is 12.5. The lowest BCUT2D eigenvalue weighted by Gasteiger charge is -2.37. The monoisotopic (exact) mass is 237 g/mol. The Morgan fingerprint density at radius 2 is 1.94 bits per heavy atom. The first-order valence-corrected chi connectivity index (χ1v) is 6.18. The van der Waals surface area contributed by atoms with Gasteiger partial charge in [0.1, 0.15) is 5.82 Å². The Morgan fingerprint density at radius 1 is 1.29 bits per heavy atom. The van der Waals surface area contributed by atoms with Gasteiger partial charge in [-0.1, -0.05) is 12.1 Å². The van der Waals surface area contributed by atoms with Crippen molar-refractivity contribution in [3.63, 3.8) is 0 Å². The van der Waals surface area contributed by atoms with E-state index in [1.165, 1.54) is 12.1 Å². The van der Waals surface area contributed by atoms with Gasteiger partial charge in [0.15, 0.2) is 0 Å². The van der Waals surface area contributed by atoms with Gasteiger partial charge < -0.3 is 10.4 Å². The summed E-state index contributed by atoms with van der Waals surface area (Å²) in [6.45, 7) is 4.63. The van der Waals surface area contributed by atoms with Crippen LogP contribution in [0, 0.1) is 11.7 Å². The topological polar surface area (TPSA) is 32.3 Å². The van der Waals surface area contributed by atoms with E-state index in [1.54, 1.807) is 0 Å². The highest BCUT2D eigenvalue weighted by molar-refractivity contribution is 5.20. The summed E-state index contributed by atoms with van der Waals surface area (Å²) in [6, 6.07) is 6.84. The molecule has 0 amide bonds. The van der Waals surface area contributed by atoms with Gasteiger partial charge in [-0.15, -0.1) is 0 Å². The first-order chi connectivity index (χ1) is 7.97. The number of nitrogens with one attached hydrogen (secondary N) is 1. The SMILES string of the molecule is CC(C)(O)[C@H]1CCN[C@@H](c2ccc(F)cc2)C1.